The quantitative estimate of drug-likeness (QED) is 0.762. The number of rotatable bonds is 1. The maximum absolute atomic E-state index is 4.02. The van der Waals surface area contributed by atoms with Gasteiger partial charge in [-0.3, -0.25) is 0 Å². The van der Waals surface area contributed by atoms with Crippen LogP contribution in [0.3, 0.4) is 0 Å². The Bertz CT molecular complexity index is 422. The van der Waals surface area contributed by atoms with Gasteiger partial charge in [-0.25, -0.2) is 0 Å². The summed E-state index contributed by atoms with van der Waals surface area (Å²) in [4.78, 5) is 0. The van der Waals surface area contributed by atoms with Crippen molar-refractivity contribution < 1.29 is 0 Å². The van der Waals surface area contributed by atoms with Crippen molar-refractivity contribution in [3.8, 4) is 11.4 Å². The molecule has 1 aromatic carbocycles. The molecular weight excluding hydrogens is 230 g/mol. The van der Waals surface area contributed by atoms with Gasteiger partial charge in [-0.15, -0.1) is 10.2 Å². The number of benzene rings is 1. The molecule has 0 saturated heterocycles. The molecule has 3 nitrogen and oxygen atoms in total. The first-order valence-corrected chi connectivity index (χ1v) is 4.66. The minimum absolute atomic E-state index is 0.876. The Hall–Kier alpha value is -1.16. The van der Waals surface area contributed by atoms with E-state index in [0.29, 0.717) is 0 Å². The van der Waals surface area contributed by atoms with Crippen LogP contribution in [0, 0.1) is 0 Å². The van der Waals surface area contributed by atoms with Gasteiger partial charge >= 0.3 is 0 Å². The fourth-order valence-electron chi connectivity index (χ4n) is 1.17. The zero-order valence-corrected chi connectivity index (χ0v) is 8.69. The topological polar surface area (TPSA) is 30.7 Å². The molecule has 1 heterocycles. The summed E-state index contributed by atoms with van der Waals surface area (Å²) in [6.07, 6.45) is 1.69. The summed E-state index contributed by atoms with van der Waals surface area (Å²) in [6, 6.07) is 7.99. The average molecular weight is 238 g/mol. The molecule has 0 radical (unpaired) electrons. The predicted octanol–water partition coefficient (Wildman–Crippen LogP) is 2.24. The molecule has 0 aliphatic heterocycles. The lowest BCUT2D eigenvalue weighted by molar-refractivity contribution is 0.919. The molecule has 0 bridgehead atoms. The SMILES string of the molecule is Cn1cnnc1-c1cccc(Br)c1. The molecular formula is C9H8BrN3. The highest BCUT2D eigenvalue weighted by Crippen LogP contribution is 2.19. The van der Waals surface area contributed by atoms with E-state index in [1.165, 1.54) is 0 Å². The highest BCUT2D eigenvalue weighted by Gasteiger charge is 2.03. The van der Waals surface area contributed by atoms with E-state index >= 15 is 0 Å². The maximum atomic E-state index is 4.02. The molecule has 1 aromatic heterocycles. The maximum Gasteiger partial charge on any atom is 0.163 e. The Kier molecular flexibility index (Phi) is 2.14. The first-order chi connectivity index (χ1) is 6.27. The second-order valence-corrected chi connectivity index (χ2v) is 3.69. The molecule has 0 spiro atoms. The molecule has 66 valence electrons. The number of halogens is 1. The zero-order chi connectivity index (χ0) is 9.26. The van der Waals surface area contributed by atoms with Crippen molar-refractivity contribution in [2.24, 2.45) is 7.05 Å². The van der Waals surface area contributed by atoms with Gasteiger partial charge in [-0.2, -0.15) is 0 Å². The minimum Gasteiger partial charge on any atom is -0.317 e. The second kappa shape index (κ2) is 3.30. The second-order valence-electron chi connectivity index (χ2n) is 2.78. The monoisotopic (exact) mass is 237 g/mol. The largest absolute Gasteiger partial charge is 0.317 e. The van der Waals surface area contributed by atoms with E-state index in [1.807, 2.05) is 35.9 Å². The van der Waals surface area contributed by atoms with Gasteiger partial charge in [0.2, 0.25) is 0 Å². The van der Waals surface area contributed by atoms with Gasteiger partial charge in [0, 0.05) is 17.1 Å². The summed E-state index contributed by atoms with van der Waals surface area (Å²) in [6.45, 7) is 0. The molecule has 0 atom stereocenters. The van der Waals surface area contributed by atoms with Crippen LogP contribution >= 0.6 is 15.9 Å². The van der Waals surface area contributed by atoms with Crippen LogP contribution in [-0.4, -0.2) is 14.8 Å². The van der Waals surface area contributed by atoms with E-state index in [4.69, 9.17) is 0 Å². The van der Waals surface area contributed by atoms with Crippen molar-refractivity contribution in [3.05, 3.63) is 35.1 Å². The first kappa shape index (κ1) is 8.44. The van der Waals surface area contributed by atoms with E-state index < -0.39 is 0 Å². The van der Waals surface area contributed by atoms with E-state index in [2.05, 4.69) is 26.1 Å². The Balaban J connectivity index is 2.53. The van der Waals surface area contributed by atoms with Crippen LogP contribution in [-0.2, 0) is 7.05 Å². The number of hydrogen-bond acceptors (Lipinski definition) is 2. The van der Waals surface area contributed by atoms with Gasteiger partial charge in [0.05, 0.1) is 0 Å². The van der Waals surface area contributed by atoms with Crippen LogP contribution in [0.1, 0.15) is 0 Å². The number of nitrogens with zero attached hydrogens (tertiary/aromatic N) is 3. The fourth-order valence-corrected chi connectivity index (χ4v) is 1.57. The minimum atomic E-state index is 0.876. The van der Waals surface area contributed by atoms with Crippen LogP contribution < -0.4 is 0 Å². The third kappa shape index (κ3) is 1.62. The molecule has 0 aliphatic carbocycles. The highest BCUT2D eigenvalue weighted by atomic mass is 79.9. The summed E-state index contributed by atoms with van der Waals surface area (Å²) in [5.41, 5.74) is 1.06. The molecule has 0 fully saturated rings. The van der Waals surface area contributed by atoms with Crippen LogP contribution in [0.5, 0.6) is 0 Å². The van der Waals surface area contributed by atoms with Crippen molar-refractivity contribution in [1.29, 1.82) is 0 Å². The zero-order valence-electron chi connectivity index (χ0n) is 7.11. The molecule has 0 unspecified atom stereocenters. The van der Waals surface area contributed by atoms with E-state index in [9.17, 15) is 0 Å². The van der Waals surface area contributed by atoms with Gasteiger partial charge in [-0.1, -0.05) is 28.1 Å². The molecule has 0 N–H and O–H groups in total. The van der Waals surface area contributed by atoms with E-state index in [0.717, 1.165) is 15.9 Å². The van der Waals surface area contributed by atoms with Crippen LogP contribution in [0.25, 0.3) is 11.4 Å². The summed E-state index contributed by atoms with van der Waals surface area (Å²) in [7, 11) is 1.93. The van der Waals surface area contributed by atoms with Crippen LogP contribution in [0.2, 0.25) is 0 Å². The normalized spacial score (nSPS) is 10.3. The van der Waals surface area contributed by atoms with Gasteiger partial charge in [-0.05, 0) is 12.1 Å². The van der Waals surface area contributed by atoms with Crippen molar-refractivity contribution in [2.75, 3.05) is 0 Å². The molecule has 13 heavy (non-hydrogen) atoms. The van der Waals surface area contributed by atoms with E-state index in [1.54, 1.807) is 6.33 Å². The van der Waals surface area contributed by atoms with Crippen molar-refractivity contribution in [3.63, 3.8) is 0 Å². The molecule has 0 amide bonds. The number of aromatic nitrogens is 3. The van der Waals surface area contributed by atoms with Gasteiger partial charge in [0.15, 0.2) is 5.82 Å². The van der Waals surface area contributed by atoms with Crippen LogP contribution in [0.4, 0.5) is 0 Å². The molecule has 2 rings (SSSR count). The van der Waals surface area contributed by atoms with Crippen LogP contribution in [0.15, 0.2) is 35.1 Å². The average Bonchev–Trinajstić information content (AvgIpc) is 2.51. The Labute approximate surface area is 84.5 Å². The third-order valence-corrected chi connectivity index (χ3v) is 2.29. The predicted molar refractivity (Wildman–Crippen MR) is 54.1 cm³/mol. The van der Waals surface area contributed by atoms with Gasteiger partial charge in [0.1, 0.15) is 6.33 Å². The molecule has 4 heteroatoms. The van der Waals surface area contributed by atoms with E-state index in [-0.39, 0.29) is 0 Å². The third-order valence-electron chi connectivity index (χ3n) is 1.79. The lowest BCUT2D eigenvalue weighted by Gasteiger charge is -1.99. The van der Waals surface area contributed by atoms with Crippen molar-refractivity contribution >= 4 is 15.9 Å². The smallest absolute Gasteiger partial charge is 0.163 e. The summed E-state index contributed by atoms with van der Waals surface area (Å²) in [5.74, 6) is 0.876. The summed E-state index contributed by atoms with van der Waals surface area (Å²) < 4.78 is 2.94. The lowest BCUT2D eigenvalue weighted by atomic mass is 10.2. The Morgan fingerprint density at radius 2 is 2.23 bits per heavy atom. The lowest BCUT2D eigenvalue weighted by Crippen LogP contribution is -1.90. The summed E-state index contributed by atoms with van der Waals surface area (Å²) >= 11 is 3.41. The van der Waals surface area contributed by atoms with Crippen molar-refractivity contribution in [1.82, 2.24) is 14.8 Å². The van der Waals surface area contributed by atoms with Gasteiger partial charge < -0.3 is 4.57 Å². The van der Waals surface area contributed by atoms with Crippen molar-refractivity contribution in [2.45, 2.75) is 0 Å². The molecule has 0 saturated carbocycles. The van der Waals surface area contributed by atoms with Gasteiger partial charge in [0.25, 0.3) is 0 Å². The molecule has 0 aliphatic rings. The standard InChI is InChI=1S/C9H8BrN3/c1-13-6-11-12-9(13)7-3-2-4-8(10)5-7/h2-6H,1H3. The Morgan fingerprint density at radius 1 is 1.38 bits per heavy atom. The number of hydrogen-bond donors (Lipinski definition) is 0. The number of aryl methyl sites for hydroxylation is 1. The first-order valence-electron chi connectivity index (χ1n) is 3.87. The fraction of sp³-hybridized carbons (Fsp3) is 0.111. The summed E-state index contributed by atoms with van der Waals surface area (Å²) in [5, 5.41) is 7.84. The highest BCUT2D eigenvalue weighted by molar-refractivity contribution is 9.10. The Morgan fingerprint density at radius 3 is 2.85 bits per heavy atom. The molecule has 2 aromatic rings.